The van der Waals surface area contributed by atoms with Crippen LogP contribution in [0.3, 0.4) is 0 Å². The van der Waals surface area contributed by atoms with E-state index in [9.17, 15) is 15.3 Å². The van der Waals surface area contributed by atoms with E-state index in [1.54, 1.807) is 4.57 Å². The van der Waals surface area contributed by atoms with Gasteiger partial charge in [0.05, 0.1) is 12.9 Å². The molecule has 28 heavy (non-hydrogen) atoms. The van der Waals surface area contributed by atoms with E-state index in [0.29, 0.717) is 28.1 Å². The van der Waals surface area contributed by atoms with Gasteiger partial charge in [0.2, 0.25) is 0 Å². The van der Waals surface area contributed by atoms with Crippen LogP contribution < -0.4 is 5.32 Å². The van der Waals surface area contributed by atoms with Gasteiger partial charge in [0.1, 0.15) is 18.3 Å². The van der Waals surface area contributed by atoms with Crippen molar-refractivity contribution in [3.05, 3.63) is 6.33 Å². The smallest absolute Gasteiger partial charge is 0.191 e. The molecule has 9 nitrogen and oxygen atoms in total. The molecule has 4 atom stereocenters. The molecule has 1 aliphatic carbocycles. The molecule has 0 aromatic carbocycles. The topological polar surface area (TPSA) is 126 Å². The Balaban J connectivity index is 1.63. The van der Waals surface area contributed by atoms with E-state index in [0.717, 1.165) is 6.54 Å². The highest BCUT2D eigenvalue weighted by Crippen LogP contribution is 2.33. The van der Waals surface area contributed by atoms with Crippen LogP contribution in [0, 0.1) is 5.92 Å². The molecule has 154 valence electrons. The van der Waals surface area contributed by atoms with E-state index < -0.39 is 24.5 Å². The summed E-state index contributed by atoms with van der Waals surface area (Å²) in [6, 6.07) is 0. The Kier molecular flexibility index (Phi) is 6.02. The molecule has 0 amide bonds. The Morgan fingerprint density at radius 3 is 2.68 bits per heavy atom. The maximum Gasteiger partial charge on any atom is 0.191 e. The number of nitrogens with zero attached hydrogens (tertiary/aromatic N) is 4. The fourth-order valence-electron chi connectivity index (χ4n) is 4.04. The minimum atomic E-state index is -1.18. The first kappa shape index (κ1) is 19.8. The number of hydrogen-bond acceptors (Lipinski definition) is 9. The zero-order valence-electron chi connectivity index (χ0n) is 15.9. The Bertz CT molecular complexity index is 813. The first-order valence-electron chi connectivity index (χ1n) is 9.77. The van der Waals surface area contributed by atoms with Crippen LogP contribution in [0.2, 0.25) is 0 Å². The average Bonchev–Trinajstić information content (AvgIpc) is 3.28. The summed E-state index contributed by atoms with van der Waals surface area (Å²) in [5.74, 6) is 1.31. The number of nitrogens with one attached hydrogen (secondary N) is 1. The summed E-state index contributed by atoms with van der Waals surface area (Å²) >= 11 is 1.42. The number of hydrogen-bond donors (Lipinski definition) is 4. The highest BCUT2D eigenvalue weighted by Gasteiger charge is 2.44. The maximum atomic E-state index is 10.4. The van der Waals surface area contributed by atoms with Gasteiger partial charge in [-0.05, 0) is 25.0 Å². The van der Waals surface area contributed by atoms with Crippen molar-refractivity contribution in [1.82, 2.24) is 19.5 Å². The second kappa shape index (κ2) is 8.50. The molecule has 1 aliphatic heterocycles. The minimum absolute atomic E-state index is 0.374. The minimum Gasteiger partial charge on any atom is -0.394 e. The summed E-state index contributed by atoms with van der Waals surface area (Å²) in [7, 11) is 0. The van der Waals surface area contributed by atoms with Crippen molar-refractivity contribution in [2.75, 3.05) is 24.7 Å². The standard InChI is InChI=1S/C18H27N5O4S/c1-28-18-21-15(19-7-10-5-3-2-4-6-10)12-16(22-18)23(9-20-12)17-14(26)13(25)11(8-24)27-17/h9-11,13-14,17,24-26H,2-8H2,1H3,(H,19,21,22)/t11-,13-,14-,17-/m1/s1. The summed E-state index contributed by atoms with van der Waals surface area (Å²) in [5.41, 5.74) is 1.13. The lowest BCUT2D eigenvalue weighted by Gasteiger charge is -2.22. The van der Waals surface area contributed by atoms with Gasteiger partial charge >= 0.3 is 0 Å². The fraction of sp³-hybridized carbons (Fsp3) is 0.722. The number of fused-ring (bicyclic) bond motifs is 1. The van der Waals surface area contributed by atoms with Crippen molar-refractivity contribution < 1.29 is 20.1 Å². The monoisotopic (exact) mass is 409 g/mol. The normalized spacial score (nSPS) is 28.9. The number of aromatic nitrogens is 4. The third-order valence-corrected chi connectivity index (χ3v) is 6.21. The van der Waals surface area contributed by atoms with Crippen LogP contribution in [-0.2, 0) is 4.74 Å². The fourth-order valence-corrected chi connectivity index (χ4v) is 4.40. The van der Waals surface area contributed by atoms with Crippen LogP contribution >= 0.6 is 11.8 Å². The van der Waals surface area contributed by atoms with Gasteiger partial charge in [-0.2, -0.15) is 0 Å². The number of anilines is 1. The number of imidazole rings is 1. The van der Waals surface area contributed by atoms with Crippen LogP contribution in [0.25, 0.3) is 11.2 Å². The van der Waals surface area contributed by atoms with E-state index in [4.69, 9.17) is 4.74 Å². The molecule has 2 aromatic rings. The molecule has 0 spiro atoms. The van der Waals surface area contributed by atoms with Crippen LogP contribution in [0.1, 0.15) is 38.3 Å². The van der Waals surface area contributed by atoms with E-state index >= 15 is 0 Å². The summed E-state index contributed by atoms with van der Waals surface area (Å²) in [4.78, 5) is 13.6. The highest BCUT2D eigenvalue weighted by atomic mass is 32.2. The van der Waals surface area contributed by atoms with E-state index in [1.165, 1.54) is 50.2 Å². The summed E-state index contributed by atoms with van der Waals surface area (Å²) in [6.07, 6.45) is 5.72. The molecular formula is C18H27N5O4S. The van der Waals surface area contributed by atoms with Gasteiger partial charge in [-0.1, -0.05) is 31.0 Å². The van der Waals surface area contributed by atoms with Crippen molar-refractivity contribution in [2.24, 2.45) is 5.92 Å². The van der Waals surface area contributed by atoms with Gasteiger partial charge in [0.15, 0.2) is 28.4 Å². The van der Waals surface area contributed by atoms with Gasteiger partial charge < -0.3 is 25.4 Å². The molecular weight excluding hydrogens is 382 g/mol. The molecule has 2 aromatic heterocycles. The van der Waals surface area contributed by atoms with Crippen LogP contribution in [0.5, 0.6) is 0 Å². The first-order chi connectivity index (χ1) is 13.6. The maximum absolute atomic E-state index is 10.4. The number of aliphatic hydroxyl groups is 3. The van der Waals surface area contributed by atoms with Gasteiger partial charge in [-0.25, -0.2) is 15.0 Å². The second-order valence-electron chi connectivity index (χ2n) is 7.50. The predicted molar refractivity (Wildman–Crippen MR) is 105 cm³/mol. The number of thioether (sulfide) groups is 1. The zero-order valence-corrected chi connectivity index (χ0v) is 16.7. The third kappa shape index (κ3) is 3.71. The lowest BCUT2D eigenvalue weighted by molar-refractivity contribution is -0.0511. The summed E-state index contributed by atoms with van der Waals surface area (Å²) in [5, 5.41) is 33.8. The quantitative estimate of drug-likeness (QED) is 0.411. The van der Waals surface area contributed by atoms with Crippen molar-refractivity contribution in [2.45, 2.75) is 61.8 Å². The zero-order chi connectivity index (χ0) is 19.7. The Hall–Kier alpha value is -1.46. The molecule has 4 N–H and O–H groups in total. The van der Waals surface area contributed by atoms with Gasteiger partial charge in [0.25, 0.3) is 0 Å². The third-order valence-electron chi connectivity index (χ3n) is 5.66. The molecule has 3 heterocycles. The van der Waals surface area contributed by atoms with Crippen LogP contribution in [0.4, 0.5) is 5.82 Å². The summed E-state index contributed by atoms with van der Waals surface area (Å²) in [6.45, 7) is 0.473. The van der Waals surface area contributed by atoms with Gasteiger partial charge in [0, 0.05) is 6.54 Å². The van der Waals surface area contributed by atoms with Gasteiger partial charge in [-0.15, -0.1) is 0 Å². The Morgan fingerprint density at radius 1 is 1.21 bits per heavy atom. The van der Waals surface area contributed by atoms with Gasteiger partial charge in [-0.3, -0.25) is 4.57 Å². The number of ether oxygens (including phenoxy) is 1. The van der Waals surface area contributed by atoms with Crippen LogP contribution in [-0.4, -0.2) is 72.6 Å². The number of aliphatic hydroxyl groups excluding tert-OH is 3. The Morgan fingerprint density at radius 2 is 2.00 bits per heavy atom. The lowest BCUT2D eigenvalue weighted by Crippen LogP contribution is -2.33. The predicted octanol–water partition coefficient (Wildman–Crippen LogP) is 1.15. The molecule has 10 heteroatoms. The molecule has 0 radical (unpaired) electrons. The first-order valence-corrected chi connectivity index (χ1v) is 11.0. The molecule has 4 rings (SSSR count). The van der Waals surface area contributed by atoms with Crippen molar-refractivity contribution in [3.63, 3.8) is 0 Å². The lowest BCUT2D eigenvalue weighted by atomic mass is 9.89. The van der Waals surface area contributed by atoms with Crippen molar-refractivity contribution in [3.8, 4) is 0 Å². The van der Waals surface area contributed by atoms with E-state index in [-0.39, 0.29) is 6.61 Å². The highest BCUT2D eigenvalue weighted by molar-refractivity contribution is 7.98. The van der Waals surface area contributed by atoms with E-state index in [2.05, 4.69) is 20.3 Å². The average molecular weight is 410 g/mol. The molecule has 0 bridgehead atoms. The molecule has 1 saturated carbocycles. The van der Waals surface area contributed by atoms with Crippen molar-refractivity contribution in [1.29, 1.82) is 0 Å². The van der Waals surface area contributed by atoms with E-state index in [1.807, 2.05) is 6.26 Å². The molecule has 2 aliphatic rings. The second-order valence-corrected chi connectivity index (χ2v) is 8.27. The van der Waals surface area contributed by atoms with Crippen molar-refractivity contribution >= 4 is 28.7 Å². The molecule has 0 unspecified atom stereocenters. The Labute approximate surface area is 167 Å². The van der Waals surface area contributed by atoms with Crippen LogP contribution in [0.15, 0.2) is 11.5 Å². The summed E-state index contributed by atoms with van der Waals surface area (Å²) < 4.78 is 7.24. The largest absolute Gasteiger partial charge is 0.394 e. The SMILES string of the molecule is CSc1nc(NCC2CCCCC2)c2ncn([C@@H]3O[C@H](CO)[C@@H](O)[C@H]3O)c2n1. The molecule has 2 fully saturated rings. The molecule has 1 saturated heterocycles. The number of rotatable bonds is 6.